The van der Waals surface area contributed by atoms with Gasteiger partial charge in [0, 0.05) is 18.7 Å². The molecule has 1 aliphatic carbocycles. The van der Waals surface area contributed by atoms with Gasteiger partial charge in [0.15, 0.2) is 11.5 Å². The summed E-state index contributed by atoms with van der Waals surface area (Å²) in [4.78, 5) is 26.7. The monoisotopic (exact) mass is 330 g/mol. The summed E-state index contributed by atoms with van der Waals surface area (Å²) >= 11 is 0. The van der Waals surface area contributed by atoms with Crippen LogP contribution in [-0.2, 0) is 4.79 Å². The molecule has 1 saturated heterocycles. The van der Waals surface area contributed by atoms with Gasteiger partial charge >= 0.3 is 0 Å². The molecular formula is C18H22N2O4. The Morgan fingerprint density at radius 1 is 1.21 bits per heavy atom. The summed E-state index contributed by atoms with van der Waals surface area (Å²) in [6.07, 6.45) is 0.741. The highest BCUT2D eigenvalue weighted by Gasteiger charge is 2.66. The Hall–Kier alpha value is -2.24. The summed E-state index contributed by atoms with van der Waals surface area (Å²) in [7, 11) is 0. The van der Waals surface area contributed by atoms with Crippen LogP contribution in [-0.4, -0.2) is 43.0 Å². The van der Waals surface area contributed by atoms with E-state index in [1.165, 1.54) is 0 Å². The van der Waals surface area contributed by atoms with Crippen molar-refractivity contribution >= 4 is 11.8 Å². The molecule has 6 heteroatoms. The van der Waals surface area contributed by atoms with E-state index < -0.39 is 5.41 Å². The molecule has 1 aromatic rings. The Balaban J connectivity index is 1.59. The first-order chi connectivity index (χ1) is 11.3. The number of primary amides is 1. The number of likely N-dealkylation sites (tertiary alicyclic amines) is 1. The number of carbonyl (C=O) groups excluding carboxylic acids is 2. The number of nitrogens with zero attached hydrogens (tertiary/aromatic N) is 1. The molecule has 2 aliphatic heterocycles. The Bertz CT molecular complexity index is 730. The lowest BCUT2D eigenvalue weighted by Crippen LogP contribution is -2.59. The summed E-state index contributed by atoms with van der Waals surface area (Å²) in [5.74, 6) is 1.01. The van der Waals surface area contributed by atoms with Gasteiger partial charge in [-0.05, 0) is 36.0 Å². The van der Waals surface area contributed by atoms with Crippen molar-refractivity contribution in [1.82, 2.24) is 4.90 Å². The number of benzene rings is 1. The normalized spacial score (nSPS) is 29.6. The quantitative estimate of drug-likeness (QED) is 0.889. The molecule has 0 aromatic heterocycles. The van der Waals surface area contributed by atoms with Crippen LogP contribution in [0.1, 0.15) is 30.6 Å². The molecule has 128 valence electrons. The Kier molecular flexibility index (Phi) is 3.11. The second kappa shape index (κ2) is 4.88. The first-order valence-electron chi connectivity index (χ1n) is 8.32. The molecule has 0 radical (unpaired) electrons. The molecule has 4 rings (SSSR count). The van der Waals surface area contributed by atoms with Gasteiger partial charge < -0.3 is 20.1 Å². The molecular weight excluding hydrogens is 308 g/mol. The molecule has 3 aliphatic rings. The van der Waals surface area contributed by atoms with Gasteiger partial charge in [0.2, 0.25) is 5.91 Å². The van der Waals surface area contributed by atoms with Crippen LogP contribution in [0.5, 0.6) is 11.5 Å². The van der Waals surface area contributed by atoms with Crippen molar-refractivity contribution in [2.24, 2.45) is 22.5 Å². The second-order valence-corrected chi connectivity index (χ2v) is 7.78. The highest BCUT2D eigenvalue weighted by atomic mass is 16.6. The van der Waals surface area contributed by atoms with Gasteiger partial charge in [0.25, 0.3) is 5.91 Å². The van der Waals surface area contributed by atoms with Crippen LogP contribution in [0.4, 0.5) is 0 Å². The highest BCUT2D eigenvalue weighted by Crippen LogP contribution is 2.62. The minimum atomic E-state index is -0.563. The molecule has 1 aromatic carbocycles. The zero-order valence-corrected chi connectivity index (χ0v) is 14.0. The average Bonchev–Trinajstić information content (AvgIpc) is 2.90. The van der Waals surface area contributed by atoms with Crippen LogP contribution >= 0.6 is 0 Å². The predicted molar refractivity (Wildman–Crippen MR) is 86.9 cm³/mol. The molecule has 0 spiro atoms. The molecule has 2 amide bonds. The zero-order valence-electron chi connectivity index (χ0n) is 14.0. The summed E-state index contributed by atoms with van der Waals surface area (Å²) < 4.78 is 11.0. The largest absolute Gasteiger partial charge is 0.486 e. The molecule has 2 N–H and O–H groups in total. The Morgan fingerprint density at radius 2 is 1.92 bits per heavy atom. The topological polar surface area (TPSA) is 81.9 Å². The van der Waals surface area contributed by atoms with E-state index in [1.807, 2.05) is 0 Å². The first-order valence-corrected chi connectivity index (χ1v) is 8.32. The lowest BCUT2D eigenvalue weighted by Gasteiger charge is -2.54. The number of hydrogen-bond donors (Lipinski definition) is 1. The SMILES string of the molecule is CC1(C)C[C@]2(C(N)=O)CN(C(=O)c3ccc4c(c3)OCCO4)C[C@H]12. The molecule has 2 heterocycles. The van der Waals surface area contributed by atoms with Crippen molar-refractivity contribution in [3.05, 3.63) is 23.8 Å². The van der Waals surface area contributed by atoms with Crippen molar-refractivity contribution in [2.45, 2.75) is 20.3 Å². The van der Waals surface area contributed by atoms with Gasteiger partial charge in [-0.15, -0.1) is 0 Å². The fourth-order valence-corrected chi connectivity index (χ4v) is 4.74. The summed E-state index contributed by atoms with van der Waals surface area (Å²) in [6.45, 7) is 6.25. The van der Waals surface area contributed by atoms with Crippen molar-refractivity contribution < 1.29 is 19.1 Å². The van der Waals surface area contributed by atoms with Gasteiger partial charge in [-0.2, -0.15) is 0 Å². The van der Waals surface area contributed by atoms with Gasteiger partial charge in [-0.1, -0.05) is 13.8 Å². The smallest absolute Gasteiger partial charge is 0.254 e. The van der Waals surface area contributed by atoms with E-state index in [0.29, 0.717) is 43.4 Å². The maximum absolute atomic E-state index is 12.9. The number of ether oxygens (including phenoxy) is 2. The highest BCUT2D eigenvalue weighted by molar-refractivity contribution is 5.96. The summed E-state index contributed by atoms with van der Waals surface area (Å²) in [5, 5.41) is 0. The van der Waals surface area contributed by atoms with E-state index in [0.717, 1.165) is 6.42 Å². The van der Waals surface area contributed by atoms with E-state index in [9.17, 15) is 9.59 Å². The standard InChI is InChI=1S/C18H22N2O4/c1-17(2)9-18(16(19)22)10-20(8-14(17)18)15(21)11-3-4-12-13(7-11)24-6-5-23-12/h3-4,7,14H,5-6,8-10H2,1-2H3,(H2,19,22)/t14-,18+/m1/s1. The number of nitrogens with two attached hydrogens (primary N) is 1. The number of carbonyl (C=O) groups is 2. The number of hydrogen-bond acceptors (Lipinski definition) is 4. The molecule has 2 fully saturated rings. The van der Waals surface area contributed by atoms with Crippen LogP contribution in [0, 0.1) is 16.7 Å². The molecule has 24 heavy (non-hydrogen) atoms. The Labute approximate surface area is 140 Å². The lowest BCUT2D eigenvalue weighted by atomic mass is 9.48. The summed E-state index contributed by atoms with van der Waals surface area (Å²) in [6, 6.07) is 5.23. The third-order valence-corrected chi connectivity index (χ3v) is 5.82. The minimum Gasteiger partial charge on any atom is -0.486 e. The zero-order chi connectivity index (χ0) is 17.1. The van der Waals surface area contributed by atoms with E-state index in [1.54, 1.807) is 23.1 Å². The third kappa shape index (κ3) is 2.01. The summed E-state index contributed by atoms with van der Waals surface area (Å²) in [5.41, 5.74) is 5.70. The maximum Gasteiger partial charge on any atom is 0.254 e. The number of fused-ring (bicyclic) bond motifs is 2. The molecule has 2 atom stereocenters. The maximum atomic E-state index is 12.9. The van der Waals surface area contributed by atoms with E-state index in [-0.39, 0.29) is 23.1 Å². The van der Waals surface area contributed by atoms with Crippen molar-refractivity contribution in [3.63, 3.8) is 0 Å². The van der Waals surface area contributed by atoms with Gasteiger partial charge in [0.05, 0.1) is 5.41 Å². The van der Waals surface area contributed by atoms with Crippen LogP contribution in [0.25, 0.3) is 0 Å². The predicted octanol–water partition coefficient (Wildman–Crippen LogP) is 1.43. The minimum absolute atomic E-state index is 0.0386. The van der Waals surface area contributed by atoms with Crippen molar-refractivity contribution in [3.8, 4) is 11.5 Å². The Morgan fingerprint density at radius 3 is 2.54 bits per heavy atom. The van der Waals surface area contributed by atoms with E-state index >= 15 is 0 Å². The lowest BCUT2D eigenvalue weighted by molar-refractivity contribution is -0.148. The van der Waals surface area contributed by atoms with Crippen LogP contribution < -0.4 is 15.2 Å². The van der Waals surface area contributed by atoms with Crippen molar-refractivity contribution in [1.29, 1.82) is 0 Å². The van der Waals surface area contributed by atoms with E-state index in [4.69, 9.17) is 15.2 Å². The average molecular weight is 330 g/mol. The fourth-order valence-electron chi connectivity index (χ4n) is 4.74. The molecule has 0 bridgehead atoms. The molecule has 1 saturated carbocycles. The van der Waals surface area contributed by atoms with E-state index in [2.05, 4.69) is 13.8 Å². The third-order valence-electron chi connectivity index (χ3n) is 5.82. The van der Waals surface area contributed by atoms with Crippen LogP contribution in [0.2, 0.25) is 0 Å². The van der Waals surface area contributed by atoms with Gasteiger partial charge in [-0.25, -0.2) is 0 Å². The number of amides is 2. The van der Waals surface area contributed by atoms with Gasteiger partial charge in [0.1, 0.15) is 13.2 Å². The second-order valence-electron chi connectivity index (χ2n) is 7.78. The molecule has 0 unspecified atom stereocenters. The van der Waals surface area contributed by atoms with Crippen molar-refractivity contribution in [2.75, 3.05) is 26.3 Å². The van der Waals surface area contributed by atoms with Crippen LogP contribution in [0.15, 0.2) is 18.2 Å². The number of rotatable bonds is 2. The first kappa shape index (κ1) is 15.3. The molecule has 6 nitrogen and oxygen atoms in total. The van der Waals surface area contributed by atoms with Crippen LogP contribution in [0.3, 0.4) is 0 Å². The fraction of sp³-hybridized carbons (Fsp3) is 0.556. The van der Waals surface area contributed by atoms with Gasteiger partial charge in [-0.3, -0.25) is 9.59 Å².